The Morgan fingerprint density at radius 1 is 1.50 bits per heavy atom. The number of aliphatic hydroxyl groups is 2. The number of carbonyl (C=O) groups excluding carboxylic acids is 1. The van der Waals surface area contributed by atoms with Crippen molar-refractivity contribution < 1.29 is 19.4 Å². The number of hydrogen-bond donors (Lipinski definition) is 4. The molecular formula is C12H17FN2O3. The molecule has 0 aliphatic rings. The Hall–Kier alpha value is -1.66. The predicted octanol–water partition coefficient (Wildman–Crippen LogP) is 0.328. The van der Waals surface area contributed by atoms with Crippen LogP contribution in [0.3, 0.4) is 0 Å². The van der Waals surface area contributed by atoms with Gasteiger partial charge in [-0.15, -0.1) is 0 Å². The zero-order valence-corrected chi connectivity index (χ0v) is 10.1. The fourth-order valence-corrected chi connectivity index (χ4v) is 1.58. The van der Waals surface area contributed by atoms with Gasteiger partial charge in [-0.2, -0.15) is 0 Å². The standard InChI is InChI=1S/C12H17FN2O3/c1-7(16)15-5-4-11(17)12(18)9-3-2-8(13)6-10(9)14/h2-3,6,11-12,17-18H,4-5,14H2,1H3,(H,15,16). The average molecular weight is 256 g/mol. The fraction of sp³-hybridized carbons (Fsp3) is 0.417. The summed E-state index contributed by atoms with van der Waals surface area (Å²) in [5.41, 5.74) is 5.91. The Morgan fingerprint density at radius 3 is 2.72 bits per heavy atom. The van der Waals surface area contributed by atoms with Crippen molar-refractivity contribution in [2.45, 2.75) is 25.6 Å². The second-order valence-electron chi connectivity index (χ2n) is 4.06. The van der Waals surface area contributed by atoms with Gasteiger partial charge in [-0.3, -0.25) is 4.79 Å². The van der Waals surface area contributed by atoms with E-state index in [-0.39, 0.29) is 30.1 Å². The van der Waals surface area contributed by atoms with Gasteiger partial charge in [-0.1, -0.05) is 6.07 Å². The summed E-state index contributed by atoms with van der Waals surface area (Å²) in [6.07, 6.45) is -2.11. The van der Waals surface area contributed by atoms with E-state index in [9.17, 15) is 19.4 Å². The lowest BCUT2D eigenvalue weighted by molar-refractivity contribution is -0.119. The van der Waals surface area contributed by atoms with Crippen LogP contribution >= 0.6 is 0 Å². The molecular weight excluding hydrogens is 239 g/mol. The summed E-state index contributed by atoms with van der Waals surface area (Å²) in [6.45, 7) is 1.61. The molecule has 0 aliphatic heterocycles. The van der Waals surface area contributed by atoms with Crippen molar-refractivity contribution >= 4 is 11.6 Å². The van der Waals surface area contributed by atoms with Crippen molar-refractivity contribution in [3.8, 4) is 0 Å². The van der Waals surface area contributed by atoms with Gasteiger partial charge in [0.05, 0.1) is 6.10 Å². The van der Waals surface area contributed by atoms with Gasteiger partial charge in [0.1, 0.15) is 11.9 Å². The molecule has 6 heteroatoms. The van der Waals surface area contributed by atoms with Gasteiger partial charge in [0.25, 0.3) is 0 Å². The lowest BCUT2D eigenvalue weighted by Crippen LogP contribution is -2.28. The first-order valence-electron chi connectivity index (χ1n) is 5.57. The Bertz CT molecular complexity index is 426. The van der Waals surface area contributed by atoms with Gasteiger partial charge < -0.3 is 21.3 Å². The maximum atomic E-state index is 12.8. The summed E-state index contributed by atoms with van der Waals surface area (Å²) in [7, 11) is 0. The number of nitrogens with one attached hydrogen (secondary N) is 1. The number of rotatable bonds is 5. The number of nitrogen functional groups attached to an aromatic ring is 1. The minimum Gasteiger partial charge on any atom is -0.398 e. The molecule has 2 atom stereocenters. The van der Waals surface area contributed by atoms with Crippen LogP contribution in [-0.2, 0) is 4.79 Å². The van der Waals surface area contributed by atoms with E-state index in [1.807, 2.05) is 0 Å². The summed E-state index contributed by atoms with van der Waals surface area (Å²) in [5.74, 6) is -0.714. The van der Waals surface area contributed by atoms with E-state index in [1.54, 1.807) is 0 Å². The number of carbonyl (C=O) groups is 1. The molecule has 0 heterocycles. The molecule has 1 rings (SSSR count). The molecule has 0 saturated heterocycles. The Morgan fingerprint density at radius 2 is 2.17 bits per heavy atom. The van der Waals surface area contributed by atoms with E-state index in [0.29, 0.717) is 0 Å². The van der Waals surface area contributed by atoms with Crippen LogP contribution in [0.1, 0.15) is 25.0 Å². The van der Waals surface area contributed by atoms with E-state index in [4.69, 9.17) is 5.73 Å². The largest absolute Gasteiger partial charge is 0.398 e. The van der Waals surface area contributed by atoms with Crippen LogP contribution in [0.5, 0.6) is 0 Å². The van der Waals surface area contributed by atoms with Crippen LogP contribution in [0.15, 0.2) is 18.2 Å². The van der Waals surface area contributed by atoms with Crippen molar-refractivity contribution in [3.63, 3.8) is 0 Å². The van der Waals surface area contributed by atoms with Gasteiger partial charge in [-0.05, 0) is 18.6 Å². The molecule has 0 saturated carbocycles. The lowest BCUT2D eigenvalue weighted by Gasteiger charge is -2.19. The minimum atomic E-state index is -1.21. The highest BCUT2D eigenvalue weighted by Crippen LogP contribution is 2.25. The third-order valence-corrected chi connectivity index (χ3v) is 2.55. The third kappa shape index (κ3) is 3.97. The first-order chi connectivity index (χ1) is 8.41. The van der Waals surface area contributed by atoms with Crippen molar-refractivity contribution in [1.29, 1.82) is 0 Å². The molecule has 18 heavy (non-hydrogen) atoms. The molecule has 1 amide bonds. The second kappa shape index (κ2) is 6.32. The number of amides is 1. The zero-order chi connectivity index (χ0) is 13.7. The molecule has 2 unspecified atom stereocenters. The molecule has 0 radical (unpaired) electrons. The first kappa shape index (κ1) is 14.4. The summed E-state index contributed by atoms with van der Waals surface area (Å²) >= 11 is 0. The maximum Gasteiger partial charge on any atom is 0.216 e. The lowest BCUT2D eigenvalue weighted by atomic mass is 10.0. The van der Waals surface area contributed by atoms with Crippen LogP contribution in [-0.4, -0.2) is 28.8 Å². The minimum absolute atomic E-state index is 0.0843. The van der Waals surface area contributed by atoms with Gasteiger partial charge >= 0.3 is 0 Å². The molecule has 5 N–H and O–H groups in total. The summed E-state index contributed by atoms with van der Waals surface area (Å²) in [4.78, 5) is 10.6. The molecule has 5 nitrogen and oxygen atoms in total. The molecule has 0 bridgehead atoms. The van der Waals surface area contributed by atoms with Gasteiger partial charge in [0.15, 0.2) is 0 Å². The highest BCUT2D eigenvalue weighted by atomic mass is 19.1. The number of anilines is 1. The van der Waals surface area contributed by atoms with Gasteiger partial charge in [-0.25, -0.2) is 4.39 Å². The fourth-order valence-electron chi connectivity index (χ4n) is 1.58. The van der Waals surface area contributed by atoms with E-state index >= 15 is 0 Å². The van der Waals surface area contributed by atoms with E-state index in [2.05, 4.69) is 5.32 Å². The van der Waals surface area contributed by atoms with Gasteiger partial charge in [0, 0.05) is 24.7 Å². The molecule has 0 fully saturated rings. The quantitative estimate of drug-likeness (QED) is 0.571. The number of nitrogens with two attached hydrogens (primary N) is 1. The monoisotopic (exact) mass is 256 g/mol. The van der Waals surface area contributed by atoms with Crippen molar-refractivity contribution in [2.24, 2.45) is 0 Å². The molecule has 1 aromatic carbocycles. The number of benzene rings is 1. The Balaban J connectivity index is 2.62. The number of aliphatic hydroxyl groups excluding tert-OH is 2. The van der Waals surface area contributed by atoms with E-state index in [1.165, 1.54) is 13.0 Å². The highest BCUT2D eigenvalue weighted by molar-refractivity contribution is 5.72. The third-order valence-electron chi connectivity index (χ3n) is 2.55. The highest BCUT2D eigenvalue weighted by Gasteiger charge is 2.20. The predicted molar refractivity (Wildman–Crippen MR) is 65.1 cm³/mol. The molecule has 0 aromatic heterocycles. The Labute approximate surface area is 104 Å². The van der Waals surface area contributed by atoms with Crippen molar-refractivity contribution in [3.05, 3.63) is 29.6 Å². The van der Waals surface area contributed by atoms with Crippen molar-refractivity contribution in [2.75, 3.05) is 12.3 Å². The van der Waals surface area contributed by atoms with E-state index in [0.717, 1.165) is 12.1 Å². The van der Waals surface area contributed by atoms with Crippen LogP contribution < -0.4 is 11.1 Å². The van der Waals surface area contributed by atoms with Crippen LogP contribution in [0.2, 0.25) is 0 Å². The zero-order valence-electron chi connectivity index (χ0n) is 10.1. The van der Waals surface area contributed by atoms with Gasteiger partial charge in [0.2, 0.25) is 5.91 Å². The van der Waals surface area contributed by atoms with E-state index < -0.39 is 18.0 Å². The summed E-state index contributed by atoms with van der Waals surface area (Å²) < 4.78 is 12.8. The molecule has 1 aromatic rings. The average Bonchev–Trinajstić information content (AvgIpc) is 2.27. The molecule has 0 spiro atoms. The van der Waals surface area contributed by atoms with Crippen molar-refractivity contribution in [1.82, 2.24) is 5.32 Å². The van der Waals surface area contributed by atoms with Crippen LogP contribution in [0.25, 0.3) is 0 Å². The second-order valence-corrected chi connectivity index (χ2v) is 4.06. The maximum absolute atomic E-state index is 12.8. The SMILES string of the molecule is CC(=O)NCCC(O)C(O)c1ccc(F)cc1N. The molecule has 0 aliphatic carbocycles. The van der Waals surface area contributed by atoms with Crippen LogP contribution in [0, 0.1) is 5.82 Å². The van der Waals surface area contributed by atoms with Crippen LogP contribution in [0.4, 0.5) is 10.1 Å². The summed E-state index contributed by atoms with van der Waals surface area (Å²) in [5, 5.41) is 22.1. The normalized spacial score (nSPS) is 14.0. The first-order valence-corrected chi connectivity index (χ1v) is 5.57. The Kier molecular flexibility index (Phi) is 5.06. The molecule has 100 valence electrons. The number of hydrogen-bond acceptors (Lipinski definition) is 4. The smallest absolute Gasteiger partial charge is 0.216 e. The number of halogens is 1. The topological polar surface area (TPSA) is 95.6 Å². The summed E-state index contributed by atoms with van der Waals surface area (Å²) in [6, 6.07) is 3.57.